The van der Waals surface area contributed by atoms with Crippen LogP contribution in [0.15, 0.2) is 22.7 Å². The smallest absolute Gasteiger partial charge is 0.404 e. The van der Waals surface area contributed by atoms with E-state index in [1.165, 1.54) is 12.1 Å². The van der Waals surface area contributed by atoms with Gasteiger partial charge in [0, 0.05) is 16.4 Å². The third kappa shape index (κ3) is 2.35. The molecule has 1 aromatic carbocycles. The predicted octanol–water partition coefficient (Wildman–Crippen LogP) is 2.89. The average molecular weight is 288 g/mol. The molecule has 16 heavy (non-hydrogen) atoms. The van der Waals surface area contributed by atoms with Gasteiger partial charge < -0.3 is 10.4 Å². The molecule has 3 nitrogen and oxygen atoms in total. The van der Waals surface area contributed by atoms with Crippen molar-refractivity contribution < 1.29 is 14.3 Å². The highest BCUT2D eigenvalue weighted by molar-refractivity contribution is 9.10. The summed E-state index contributed by atoms with van der Waals surface area (Å²) in [4.78, 5) is 10.4. The van der Waals surface area contributed by atoms with Crippen LogP contribution in [0.25, 0.3) is 0 Å². The lowest BCUT2D eigenvalue weighted by atomic mass is 9.96. The Morgan fingerprint density at radius 1 is 1.50 bits per heavy atom. The zero-order valence-electron chi connectivity index (χ0n) is 8.46. The predicted molar refractivity (Wildman–Crippen MR) is 61.0 cm³/mol. The monoisotopic (exact) mass is 287 g/mol. The molecule has 0 radical (unpaired) electrons. The van der Waals surface area contributed by atoms with Crippen LogP contribution in [-0.2, 0) is 5.41 Å². The molecule has 2 N–H and O–H groups in total. The number of amides is 1. The first kappa shape index (κ1) is 11.4. The Balaban J connectivity index is 2.19. The second kappa shape index (κ2) is 4.05. The van der Waals surface area contributed by atoms with Crippen LogP contribution in [0.1, 0.15) is 18.4 Å². The van der Waals surface area contributed by atoms with Gasteiger partial charge in [0.2, 0.25) is 0 Å². The van der Waals surface area contributed by atoms with Crippen molar-refractivity contribution >= 4 is 22.0 Å². The first-order chi connectivity index (χ1) is 7.52. The molecule has 1 aliphatic rings. The molecule has 0 aromatic heterocycles. The maximum Gasteiger partial charge on any atom is 0.404 e. The van der Waals surface area contributed by atoms with E-state index in [1.807, 2.05) is 6.07 Å². The molecule has 0 aliphatic heterocycles. The Morgan fingerprint density at radius 2 is 2.19 bits per heavy atom. The van der Waals surface area contributed by atoms with Gasteiger partial charge in [-0.3, -0.25) is 0 Å². The van der Waals surface area contributed by atoms with Gasteiger partial charge in [-0.25, -0.2) is 9.18 Å². The summed E-state index contributed by atoms with van der Waals surface area (Å²) in [5.41, 5.74) is 0.649. The normalized spacial score (nSPS) is 16.9. The standard InChI is InChI=1S/C11H11BrFNO2/c12-8-3-7(4-9(13)5-8)11(1-2-11)6-14-10(15)16/h3-5,14H,1-2,6H2,(H,15,16). The van der Waals surface area contributed by atoms with Gasteiger partial charge in [-0.2, -0.15) is 0 Å². The van der Waals surface area contributed by atoms with Gasteiger partial charge in [0.25, 0.3) is 0 Å². The zero-order valence-corrected chi connectivity index (χ0v) is 10.1. The van der Waals surface area contributed by atoms with Crippen molar-refractivity contribution in [2.24, 2.45) is 0 Å². The first-order valence-electron chi connectivity index (χ1n) is 4.95. The number of carboxylic acid groups (broad SMARTS) is 1. The molecule has 0 bridgehead atoms. The molecule has 0 spiro atoms. The molecule has 0 atom stereocenters. The molecule has 0 heterocycles. The van der Waals surface area contributed by atoms with E-state index in [4.69, 9.17) is 5.11 Å². The van der Waals surface area contributed by atoms with Gasteiger partial charge >= 0.3 is 6.09 Å². The fourth-order valence-electron chi connectivity index (χ4n) is 1.82. The van der Waals surface area contributed by atoms with Crippen LogP contribution in [0.5, 0.6) is 0 Å². The number of halogens is 2. The second-order valence-corrected chi connectivity index (χ2v) is 5.01. The second-order valence-electron chi connectivity index (χ2n) is 4.10. The Hall–Kier alpha value is -1.10. The topological polar surface area (TPSA) is 49.3 Å². The number of rotatable bonds is 3. The maximum atomic E-state index is 13.2. The Bertz CT molecular complexity index is 412. The third-order valence-electron chi connectivity index (χ3n) is 2.91. The molecule has 86 valence electrons. The first-order valence-corrected chi connectivity index (χ1v) is 5.74. The highest BCUT2D eigenvalue weighted by Gasteiger charge is 2.44. The molecule has 1 aromatic rings. The summed E-state index contributed by atoms with van der Waals surface area (Å²) in [6.45, 7) is 0.345. The van der Waals surface area contributed by atoms with Crippen molar-refractivity contribution in [3.05, 3.63) is 34.1 Å². The lowest BCUT2D eigenvalue weighted by Gasteiger charge is -2.15. The summed E-state index contributed by atoms with van der Waals surface area (Å²) >= 11 is 3.24. The van der Waals surface area contributed by atoms with Crippen LogP contribution in [0, 0.1) is 5.82 Å². The Kier molecular flexibility index (Phi) is 2.88. The van der Waals surface area contributed by atoms with E-state index in [2.05, 4.69) is 21.2 Å². The molecule has 0 saturated heterocycles. The minimum Gasteiger partial charge on any atom is -0.465 e. The van der Waals surface area contributed by atoms with Crippen LogP contribution in [-0.4, -0.2) is 17.7 Å². The summed E-state index contributed by atoms with van der Waals surface area (Å²) in [5, 5.41) is 10.9. The fourth-order valence-corrected chi connectivity index (χ4v) is 2.29. The van der Waals surface area contributed by atoms with Gasteiger partial charge in [-0.1, -0.05) is 15.9 Å². The van der Waals surface area contributed by atoms with E-state index in [-0.39, 0.29) is 11.2 Å². The van der Waals surface area contributed by atoms with E-state index < -0.39 is 6.09 Å². The molecule has 5 heteroatoms. The molecule has 1 amide bonds. The summed E-state index contributed by atoms with van der Waals surface area (Å²) in [6, 6.07) is 4.71. The van der Waals surface area contributed by atoms with E-state index in [9.17, 15) is 9.18 Å². The highest BCUT2D eigenvalue weighted by Crippen LogP contribution is 2.48. The summed E-state index contributed by atoms with van der Waals surface area (Å²) in [7, 11) is 0. The summed E-state index contributed by atoms with van der Waals surface area (Å²) in [6.07, 6.45) is 0.744. The average Bonchev–Trinajstić information content (AvgIpc) is 2.94. The largest absolute Gasteiger partial charge is 0.465 e. The number of benzene rings is 1. The molecule has 1 aliphatic carbocycles. The van der Waals surface area contributed by atoms with E-state index >= 15 is 0 Å². The SMILES string of the molecule is O=C(O)NCC1(c2cc(F)cc(Br)c2)CC1. The minimum absolute atomic E-state index is 0.205. The van der Waals surface area contributed by atoms with Crippen molar-refractivity contribution in [2.45, 2.75) is 18.3 Å². The van der Waals surface area contributed by atoms with E-state index in [0.717, 1.165) is 18.4 Å². The number of hydrogen-bond acceptors (Lipinski definition) is 1. The molecule has 1 fully saturated rings. The van der Waals surface area contributed by atoms with E-state index in [0.29, 0.717) is 11.0 Å². The van der Waals surface area contributed by atoms with Gasteiger partial charge in [-0.15, -0.1) is 0 Å². The molecule has 1 saturated carbocycles. The number of hydrogen-bond donors (Lipinski definition) is 2. The van der Waals surface area contributed by atoms with Crippen LogP contribution in [0.3, 0.4) is 0 Å². The van der Waals surface area contributed by atoms with E-state index in [1.54, 1.807) is 0 Å². The Morgan fingerprint density at radius 3 is 2.69 bits per heavy atom. The minimum atomic E-state index is -1.04. The van der Waals surface area contributed by atoms with Crippen molar-refractivity contribution in [2.75, 3.05) is 6.54 Å². The van der Waals surface area contributed by atoms with Crippen molar-refractivity contribution in [3.8, 4) is 0 Å². The highest BCUT2D eigenvalue weighted by atomic mass is 79.9. The van der Waals surface area contributed by atoms with Gasteiger partial charge in [0.1, 0.15) is 5.82 Å². The maximum absolute atomic E-state index is 13.2. The number of nitrogens with one attached hydrogen (secondary N) is 1. The van der Waals surface area contributed by atoms with Crippen LogP contribution in [0.4, 0.5) is 9.18 Å². The van der Waals surface area contributed by atoms with Crippen molar-refractivity contribution in [3.63, 3.8) is 0 Å². The molecular weight excluding hydrogens is 277 g/mol. The zero-order chi connectivity index (χ0) is 11.8. The third-order valence-corrected chi connectivity index (χ3v) is 3.36. The lowest BCUT2D eigenvalue weighted by molar-refractivity contribution is 0.193. The summed E-state index contributed by atoms with van der Waals surface area (Å²) < 4.78 is 13.9. The van der Waals surface area contributed by atoms with Crippen molar-refractivity contribution in [1.29, 1.82) is 0 Å². The Labute approximate surface area is 101 Å². The van der Waals surface area contributed by atoms with Crippen LogP contribution < -0.4 is 5.32 Å². The lowest BCUT2D eigenvalue weighted by Crippen LogP contribution is -2.30. The quantitative estimate of drug-likeness (QED) is 0.898. The van der Waals surface area contributed by atoms with Crippen LogP contribution >= 0.6 is 15.9 Å². The number of carbonyl (C=O) groups is 1. The fraction of sp³-hybridized carbons (Fsp3) is 0.364. The van der Waals surface area contributed by atoms with Gasteiger partial charge in [0.05, 0.1) is 0 Å². The van der Waals surface area contributed by atoms with Crippen molar-refractivity contribution in [1.82, 2.24) is 5.32 Å². The molecular formula is C11H11BrFNO2. The van der Waals surface area contributed by atoms with Gasteiger partial charge in [-0.05, 0) is 36.6 Å². The van der Waals surface area contributed by atoms with Crippen LogP contribution in [0.2, 0.25) is 0 Å². The summed E-state index contributed by atoms with van der Waals surface area (Å²) in [5.74, 6) is -0.300. The van der Waals surface area contributed by atoms with Gasteiger partial charge in [0.15, 0.2) is 0 Å². The molecule has 0 unspecified atom stereocenters. The molecule has 2 rings (SSSR count).